The van der Waals surface area contributed by atoms with E-state index in [2.05, 4.69) is 15.6 Å². The summed E-state index contributed by atoms with van der Waals surface area (Å²) in [7, 11) is 0. The van der Waals surface area contributed by atoms with Crippen molar-refractivity contribution in [3.05, 3.63) is 29.8 Å². The molecule has 2 N–H and O–H groups in total. The lowest BCUT2D eigenvalue weighted by Crippen LogP contribution is -2.38. The normalized spacial score (nSPS) is 17.1. The lowest BCUT2D eigenvalue weighted by Gasteiger charge is -2.12. The molecule has 8 heteroatoms. The largest absolute Gasteiger partial charge is 0.488 e. The van der Waals surface area contributed by atoms with E-state index in [1.807, 2.05) is 13.0 Å². The van der Waals surface area contributed by atoms with E-state index < -0.39 is 13.0 Å². The molecule has 1 atom stereocenters. The molecule has 28 heavy (non-hydrogen) atoms. The van der Waals surface area contributed by atoms with Crippen molar-refractivity contribution in [1.82, 2.24) is 10.6 Å². The van der Waals surface area contributed by atoms with Crippen molar-refractivity contribution < 1.29 is 23.0 Å². The predicted molar refractivity (Wildman–Crippen MR) is 105 cm³/mol. The van der Waals surface area contributed by atoms with Gasteiger partial charge in [-0.15, -0.1) is 0 Å². The van der Waals surface area contributed by atoms with Crippen molar-refractivity contribution in [1.29, 1.82) is 0 Å². The van der Waals surface area contributed by atoms with E-state index in [0.717, 1.165) is 51.3 Å². The van der Waals surface area contributed by atoms with Crippen molar-refractivity contribution in [2.45, 2.75) is 32.7 Å². The zero-order valence-corrected chi connectivity index (χ0v) is 16.5. The van der Waals surface area contributed by atoms with Crippen LogP contribution in [0.5, 0.6) is 5.75 Å². The topological polar surface area (TPSA) is 64.1 Å². The molecular weight excluding hydrogens is 368 g/mol. The molecule has 1 saturated heterocycles. The highest BCUT2D eigenvalue weighted by atomic mass is 19.3. The van der Waals surface area contributed by atoms with Crippen LogP contribution in [0, 0.1) is 5.92 Å². The van der Waals surface area contributed by atoms with Gasteiger partial charge in [-0.25, -0.2) is 13.8 Å². The van der Waals surface area contributed by atoms with E-state index in [0.29, 0.717) is 30.8 Å². The fraction of sp³-hybridized carbons (Fsp3) is 0.650. The van der Waals surface area contributed by atoms with Crippen LogP contribution in [0.1, 0.15) is 25.3 Å². The number of alkyl halides is 2. The molecule has 0 amide bonds. The number of aliphatic imine (C=N–C) groups is 1. The molecular formula is C20H31F2N3O3. The molecule has 158 valence electrons. The van der Waals surface area contributed by atoms with Crippen LogP contribution in [-0.4, -0.2) is 58.5 Å². The number of nitrogens with one attached hydrogen (secondary N) is 2. The second-order valence-electron chi connectivity index (χ2n) is 6.63. The lowest BCUT2D eigenvalue weighted by molar-refractivity contribution is 0.0818. The minimum atomic E-state index is -2.48. The van der Waals surface area contributed by atoms with Crippen LogP contribution in [0.2, 0.25) is 0 Å². The summed E-state index contributed by atoms with van der Waals surface area (Å²) in [6.45, 7) is 6.45. The molecule has 1 fully saturated rings. The summed E-state index contributed by atoms with van der Waals surface area (Å²) in [5.74, 6) is 1.67. The summed E-state index contributed by atoms with van der Waals surface area (Å²) < 4.78 is 40.6. The lowest BCUT2D eigenvalue weighted by atomic mass is 10.1. The quantitative estimate of drug-likeness (QED) is 0.322. The monoisotopic (exact) mass is 399 g/mol. The SMILES string of the molecule is CCNC(=NCc1cccc(OCC(F)F)c1)NCCCOCC1CCOC1. The first-order chi connectivity index (χ1) is 13.7. The summed E-state index contributed by atoms with van der Waals surface area (Å²) in [4.78, 5) is 4.53. The first kappa shape index (κ1) is 22.4. The van der Waals surface area contributed by atoms with E-state index >= 15 is 0 Å². The Kier molecular flexibility index (Phi) is 10.6. The summed E-state index contributed by atoms with van der Waals surface area (Å²) in [6, 6.07) is 7.06. The van der Waals surface area contributed by atoms with Crippen LogP contribution in [-0.2, 0) is 16.0 Å². The van der Waals surface area contributed by atoms with Gasteiger partial charge in [-0.05, 0) is 37.5 Å². The summed E-state index contributed by atoms with van der Waals surface area (Å²) in [5, 5.41) is 6.47. The average Bonchev–Trinajstić information content (AvgIpc) is 3.21. The van der Waals surface area contributed by atoms with E-state index in [1.54, 1.807) is 18.2 Å². The molecule has 1 aromatic rings. The molecule has 0 aliphatic carbocycles. The van der Waals surface area contributed by atoms with Gasteiger partial charge < -0.3 is 24.8 Å². The molecule has 0 aromatic heterocycles. The van der Waals surface area contributed by atoms with Gasteiger partial charge in [-0.1, -0.05) is 12.1 Å². The third kappa shape index (κ3) is 9.32. The van der Waals surface area contributed by atoms with E-state index in [9.17, 15) is 8.78 Å². The Morgan fingerprint density at radius 2 is 2.25 bits per heavy atom. The molecule has 0 bridgehead atoms. The predicted octanol–water partition coefficient (Wildman–Crippen LogP) is 2.83. The second-order valence-corrected chi connectivity index (χ2v) is 6.63. The standard InChI is InChI=1S/C20H31F2N3O3/c1-2-23-20(24-8-4-9-26-13-17-7-10-27-14-17)25-12-16-5-3-6-18(11-16)28-15-19(21)22/h3,5-6,11,17,19H,2,4,7-10,12-15H2,1H3,(H2,23,24,25). The number of guanidine groups is 1. The number of ether oxygens (including phenoxy) is 3. The van der Waals surface area contributed by atoms with Crippen LogP contribution in [0.4, 0.5) is 8.78 Å². The minimum Gasteiger partial charge on any atom is -0.488 e. The van der Waals surface area contributed by atoms with E-state index in [1.165, 1.54) is 0 Å². The Morgan fingerprint density at radius 1 is 1.36 bits per heavy atom. The maximum Gasteiger partial charge on any atom is 0.272 e. The van der Waals surface area contributed by atoms with Gasteiger partial charge in [-0.2, -0.15) is 0 Å². The molecule has 0 spiro atoms. The van der Waals surface area contributed by atoms with Crippen molar-refractivity contribution >= 4 is 5.96 Å². The van der Waals surface area contributed by atoms with Crippen molar-refractivity contribution in [2.75, 3.05) is 46.1 Å². The van der Waals surface area contributed by atoms with Gasteiger partial charge in [-0.3, -0.25) is 0 Å². The van der Waals surface area contributed by atoms with Gasteiger partial charge in [0.2, 0.25) is 0 Å². The Balaban J connectivity index is 1.69. The molecule has 1 aromatic carbocycles. The number of rotatable bonds is 12. The van der Waals surface area contributed by atoms with Gasteiger partial charge in [0.05, 0.1) is 19.8 Å². The summed E-state index contributed by atoms with van der Waals surface area (Å²) in [6.07, 6.45) is -0.513. The number of hydrogen-bond donors (Lipinski definition) is 2. The van der Waals surface area contributed by atoms with Crippen LogP contribution in [0.3, 0.4) is 0 Å². The van der Waals surface area contributed by atoms with Crippen LogP contribution < -0.4 is 15.4 Å². The van der Waals surface area contributed by atoms with Crippen molar-refractivity contribution in [2.24, 2.45) is 10.9 Å². The van der Waals surface area contributed by atoms with Crippen LogP contribution in [0.25, 0.3) is 0 Å². The molecule has 1 aliphatic rings. The first-order valence-electron chi connectivity index (χ1n) is 9.85. The fourth-order valence-electron chi connectivity index (χ4n) is 2.75. The molecule has 0 saturated carbocycles. The Bertz CT molecular complexity index is 582. The second kappa shape index (κ2) is 13.3. The highest BCUT2D eigenvalue weighted by molar-refractivity contribution is 5.79. The third-order valence-electron chi connectivity index (χ3n) is 4.17. The highest BCUT2D eigenvalue weighted by Gasteiger charge is 2.15. The molecule has 2 rings (SSSR count). The first-order valence-corrected chi connectivity index (χ1v) is 9.85. The zero-order chi connectivity index (χ0) is 20.0. The average molecular weight is 399 g/mol. The van der Waals surface area contributed by atoms with Gasteiger partial charge in [0.25, 0.3) is 6.43 Å². The smallest absolute Gasteiger partial charge is 0.272 e. The maximum absolute atomic E-state index is 12.3. The van der Waals surface area contributed by atoms with Gasteiger partial charge in [0.15, 0.2) is 5.96 Å². The molecule has 6 nitrogen and oxygen atoms in total. The summed E-state index contributed by atoms with van der Waals surface area (Å²) >= 11 is 0. The number of halogens is 2. The van der Waals surface area contributed by atoms with E-state index in [4.69, 9.17) is 14.2 Å². The third-order valence-corrected chi connectivity index (χ3v) is 4.17. The van der Waals surface area contributed by atoms with Crippen LogP contribution >= 0.6 is 0 Å². The van der Waals surface area contributed by atoms with Crippen molar-refractivity contribution in [3.8, 4) is 5.75 Å². The Labute approximate surface area is 165 Å². The van der Waals surface area contributed by atoms with E-state index in [-0.39, 0.29) is 0 Å². The minimum absolute atomic E-state index is 0.427. The fourth-order valence-corrected chi connectivity index (χ4v) is 2.75. The number of hydrogen-bond acceptors (Lipinski definition) is 4. The molecule has 1 heterocycles. The van der Waals surface area contributed by atoms with Gasteiger partial charge >= 0.3 is 0 Å². The van der Waals surface area contributed by atoms with Gasteiger partial charge in [0, 0.05) is 32.2 Å². The van der Waals surface area contributed by atoms with Crippen LogP contribution in [0.15, 0.2) is 29.3 Å². The Morgan fingerprint density at radius 3 is 3.00 bits per heavy atom. The van der Waals surface area contributed by atoms with Gasteiger partial charge in [0.1, 0.15) is 12.4 Å². The van der Waals surface area contributed by atoms with Crippen molar-refractivity contribution in [3.63, 3.8) is 0 Å². The molecule has 1 unspecified atom stereocenters. The number of benzene rings is 1. The molecule has 0 radical (unpaired) electrons. The maximum atomic E-state index is 12.3. The zero-order valence-electron chi connectivity index (χ0n) is 16.5. The Hall–Kier alpha value is -1.93. The highest BCUT2D eigenvalue weighted by Crippen LogP contribution is 2.15. The molecule has 1 aliphatic heterocycles. The summed E-state index contributed by atoms with van der Waals surface area (Å²) in [5.41, 5.74) is 0.895. The number of nitrogens with zero attached hydrogens (tertiary/aromatic N) is 1.